The number of rotatable bonds is 1. The highest BCUT2D eigenvalue weighted by Crippen LogP contribution is 2.19. The Morgan fingerprint density at radius 2 is 2.12 bits per heavy atom. The summed E-state index contributed by atoms with van der Waals surface area (Å²) in [6.07, 6.45) is 1.16. The Labute approximate surface area is 103 Å². The van der Waals surface area contributed by atoms with Gasteiger partial charge in [0.25, 0.3) is 0 Å². The molecular formula is C12H21N5. The first-order valence-corrected chi connectivity index (χ1v) is 6.12. The summed E-state index contributed by atoms with van der Waals surface area (Å²) in [7, 11) is 2.17. The second-order valence-electron chi connectivity index (χ2n) is 4.88. The smallest absolute Gasteiger partial charge is 0.222 e. The van der Waals surface area contributed by atoms with Gasteiger partial charge in [-0.15, -0.1) is 0 Å². The highest BCUT2D eigenvalue weighted by atomic mass is 15.3. The van der Waals surface area contributed by atoms with E-state index in [-0.39, 0.29) is 0 Å². The summed E-state index contributed by atoms with van der Waals surface area (Å²) in [6.45, 7) is 7.41. The van der Waals surface area contributed by atoms with Gasteiger partial charge in [0, 0.05) is 30.9 Å². The zero-order valence-electron chi connectivity index (χ0n) is 10.8. The van der Waals surface area contributed by atoms with Crippen molar-refractivity contribution in [2.45, 2.75) is 26.3 Å². The van der Waals surface area contributed by atoms with Gasteiger partial charge in [-0.1, -0.05) is 0 Å². The first kappa shape index (κ1) is 12.1. The summed E-state index contributed by atoms with van der Waals surface area (Å²) in [5.41, 5.74) is 6.65. The molecule has 1 atom stereocenters. The van der Waals surface area contributed by atoms with Crippen molar-refractivity contribution >= 4 is 11.8 Å². The quantitative estimate of drug-likeness (QED) is 0.783. The fourth-order valence-corrected chi connectivity index (χ4v) is 2.43. The molecule has 1 unspecified atom stereocenters. The molecule has 17 heavy (non-hydrogen) atoms. The standard InChI is InChI=1S/C12H21N5/c1-9-7-11(15-12(13)14-9)17-6-4-5-16(3)8-10(17)2/h7,10H,4-6,8H2,1-3H3,(H2,13,14,15). The van der Waals surface area contributed by atoms with Crippen LogP contribution >= 0.6 is 0 Å². The second-order valence-corrected chi connectivity index (χ2v) is 4.88. The third-order valence-electron chi connectivity index (χ3n) is 3.20. The van der Waals surface area contributed by atoms with Gasteiger partial charge in [-0.25, -0.2) is 4.98 Å². The molecule has 0 saturated carbocycles. The van der Waals surface area contributed by atoms with Crippen LogP contribution in [-0.4, -0.2) is 47.6 Å². The van der Waals surface area contributed by atoms with Crippen LogP contribution in [0.1, 0.15) is 19.0 Å². The van der Waals surface area contributed by atoms with E-state index < -0.39 is 0 Å². The lowest BCUT2D eigenvalue weighted by Gasteiger charge is -2.29. The summed E-state index contributed by atoms with van der Waals surface area (Å²) in [6, 6.07) is 2.47. The number of aryl methyl sites for hydroxylation is 1. The molecule has 2 heterocycles. The van der Waals surface area contributed by atoms with Crippen molar-refractivity contribution in [2.24, 2.45) is 0 Å². The van der Waals surface area contributed by atoms with E-state index in [1.165, 1.54) is 0 Å². The van der Waals surface area contributed by atoms with E-state index in [2.05, 4.69) is 33.7 Å². The average Bonchev–Trinajstić information content (AvgIpc) is 2.37. The van der Waals surface area contributed by atoms with E-state index in [4.69, 9.17) is 5.73 Å². The first-order valence-electron chi connectivity index (χ1n) is 6.12. The third kappa shape index (κ3) is 2.85. The van der Waals surface area contributed by atoms with Gasteiger partial charge < -0.3 is 15.5 Å². The fourth-order valence-electron chi connectivity index (χ4n) is 2.43. The van der Waals surface area contributed by atoms with Crippen molar-refractivity contribution in [1.29, 1.82) is 0 Å². The van der Waals surface area contributed by atoms with Gasteiger partial charge >= 0.3 is 0 Å². The van der Waals surface area contributed by atoms with E-state index in [1.54, 1.807) is 0 Å². The molecule has 2 N–H and O–H groups in total. The summed E-state index contributed by atoms with van der Waals surface area (Å²) < 4.78 is 0. The number of nitrogens with zero attached hydrogens (tertiary/aromatic N) is 4. The number of likely N-dealkylation sites (N-methyl/N-ethyl adjacent to an activating group) is 1. The Morgan fingerprint density at radius 1 is 1.35 bits per heavy atom. The zero-order valence-corrected chi connectivity index (χ0v) is 10.8. The molecule has 1 aromatic rings. The van der Waals surface area contributed by atoms with E-state index >= 15 is 0 Å². The summed E-state index contributed by atoms with van der Waals surface area (Å²) >= 11 is 0. The summed E-state index contributed by atoms with van der Waals surface area (Å²) in [4.78, 5) is 13.2. The highest BCUT2D eigenvalue weighted by Gasteiger charge is 2.21. The number of nitrogen functional groups attached to an aromatic ring is 1. The lowest BCUT2D eigenvalue weighted by atomic mass is 10.2. The average molecular weight is 235 g/mol. The number of hydrogen-bond acceptors (Lipinski definition) is 5. The van der Waals surface area contributed by atoms with Gasteiger partial charge in [-0.3, -0.25) is 0 Å². The Kier molecular flexibility index (Phi) is 3.47. The molecule has 0 amide bonds. The molecule has 5 nitrogen and oxygen atoms in total. The highest BCUT2D eigenvalue weighted by molar-refractivity contribution is 5.44. The van der Waals surface area contributed by atoms with Crippen molar-refractivity contribution in [3.63, 3.8) is 0 Å². The van der Waals surface area contributed by atoms with Gasteiger partial charge in [0.15, 0.2) is 0 Å². The van der Waals surface area contributed by atoms with E-state index in [0.29, 0.717) is 12.0 Å². The number of nitrogens with two attached hydrogens (primary N) is 1. The molecular weight excluding hydrogens is 214 g/mol. The van der Waals surface area contributed by atoms with Crippen LogP contribution in [0.3, 0.4) is 0 Å². The molecule has 1 aliphatic heterocycles. The fraction of sp³-hybridized carbons (Fsp3) is 0.667. The van der Waals surface area contributed by atoms with Gasteiger partial charge in [-0.2, -0.15) is 4.98 Å². The third-order valence-corrected chi connectivity index (χ3v) is 3.20. The molecule has 5 heteroatoms. The maximum Gasteiger partial charge on any atom is 0.222 e. The maximum atomic E-state index is 5.72. The maximum absolute atomic E-state index is 5.72. The van der Waals surface area contributed by atoms with Gasteiger partial charge in [0.2, 0.25) is 5.95 Å². The Hall–Kier alpha value is -1.36. The molecule has 0 aromatic carbocycles. The summed E-state index contributed by atoms with van der Waals surface area (Å²) in [5, 5.41) is 0. The summed E-state index contributed by atoms with van der Waals surface area (Å²) in [5.74, 6) is 1.32. The molecule has 1 saturated heterocycles. The minimum absolute atomic E-state index is 0.366. The predicted octanol–water partition coefficient (Wildman–Crippen LogP) is 0.898. The van der Waals surface area contributed by atoms with Crippen LogP contribution in [0.15, 0.2) is 6.07 Å². The lowest BCUT2D eigenvalue weighted by Crippen LogP contribution is -2.38. The van der Waals surface area contributed by atoms with Gasteiger partial charge in [0.1, 0.15) is 5.82 Å². The number of hydrogen-bond donors (Lipinski definition) is 1. The first-order chi connectivity index (χ1) is 8.06. The van der Waals surface area contributed by atoms with Crippen LogP contribution in [0.2, 0.25) is 0 Å². The molecule has 0 bridgehead atoms. The molecule has 0 radical (unpaired) electrons. The second kappa shape index (κ2) is 4.87. The van der Waals surface area contributed by atoms with Crippen LogP contribution in [0.25, 0.3) is 0 Å². The molecule has 1 fully saturated rings. The lowest BCUT2D eigenvalue weighted by molar-refractivity contribution is 0.337. The molecule has 1 aromatic heterocycles. The Morgan fingerprint density at radius 3 is 2.82 bits per heavy atom. The van der Waals surface area contributed by atoms with Crippen molar-refractivity contribution in [2.75, 3.05) is 37.3 Å². The number of anilines is 2. The van der Waals surface area contributed by atoms with E-state index in [9.17, 15) is 0 Å². The zero-order chi connectivity index (χ0) is 12.4. The van der Waals surface area contributed by atoms with Crippen molar-refractivity contribution in [3.05, 3.63) is 11.8 Å². The van der Waals surface area contributed by atoms with Crippen molar-refractivity contribution in [3.8, 4) is 0 Å². The topological polar surface area (TPSA) is 58.3 Å². The predicted molar refractivity (Wildman–Crippen MR) is 70.1 cm³/mol. The molecule has 0 aliphatic carbocycles. The van der Waals surface area contributed by atoms with Crippen LogP contribution in [0.4, 0.5) is 11.8 Å². The molecule has 2 rings (SSSR count). The minimum Gasteiger partial charge on any atom is -0.368 e. The van der Waals surface area contributed by atoms with Gasteiger partial charge in [0.05, 0.1) is 0 Å². The monoisotopic (exact) mass is 235 g/mol. The normalized spacial score (nSPS) is 22.5. The van der Waals surface area contributed by atoms with Crippen molar-refractivity contribution in [1.82, 2.24) is 14.9 Å². The Balaban J connectivity index is 2.25. The van der Waals surface area contributed by atoms with Crippen LogP contribution < -0.4 is 10.6 Å². The number of aromatic nitrogens is 2. The molecule has 1 aliphatic rings. The van der Waals surface area contributed by atoms with Crippen LogP contribution in [0.5, 0.6) is 0 Å². The van der Waals surface area contributed by atoms with E-state index in [0.717, 1.165) is 37.6 Å². The minimum atomic E-state index is 0.366. The van der Waals surface area contributed by atoms with Gasteiger partial charge in [-0.05, 0) is 33.9 Å². The Bertz CT molecular complexity index is 372. The van der Waals surface area contributed by atoms with Crippen LogP contribution in [0, 0.1) is 6.92 Å². The van der Waals surface area contributed by atoms with Crippen molar-refractivity contribution < 1.29 is 0 Å². The largest absolute Gasteiger partial charge is 0.368 e. The SMILES string of the molecule is Cc1cc(N2CCCN(C)CC2C)nc(N)n1. The van der Waals surface area contributed by atoms with E-state index in [1.807, 2.05) is 13.0 Å². The van der Waals surface area contributed by atoms with Crippen LogP contribution in [-0.2, 0) is 0 Å². The molecule has 94 valence electrons. The molecule has 0 spiro atoms.